The Hall–Kier alpha value is -3.19. The van der Waals surface area contributed by atoms with Crippen LogP contribution in [0.4, 0.5) is 15.8 Å². The summed E-state index contributed by atoms with van der Waals surface area (Å²) in [5.74, 6) is -0.667. The van der Waals surface area contributed by atoms with E-state index < -0.39 is 10.0 Å². The zero-order valence-corrected chi connectivity index (χ0v) is 17.8. The van der Waals surface area contributed by atoms with Crippen LogP contribution in [0.1, 0.15) is 27.0 Å². The average molecular weight is 427 g/mol. The van der Waals surface area contributed by atoms with E-state index in [1.165, 1.54) is 16.4 Å². The van der Waals surface area contributed by atoms with Crippen LogP contribution in [0.25, 0.3) is 0 Å². The number of anilines is 2. The Morgan fingerprint density at radius 2 is 1.50 bits per heavy atom. The molecule has 7 heteroatoms. The summed E-state index contributed by atoms with van der Waals surface area (Å²) < 4.78 is 38.9. The fraction of sp³-hybridized carbons (Fsp3) is 0.174. The lowest BCUT2D eigenvalue weighted by Crippen LogP contribution is -2.29. The van der Waals surface area contributed by atoms with Crippen molar-refractivity contribution in [3.8, 4) is 0 Å². The summed E-state index contributed by atoms with van der Waals surface area (Å²) in [6, 6.07) is 17.8. The number of nitrogens with zero attached hydrogens (tertiary/aromatic N) is 1. The number of halogens is 1. The van der Waals surface area contributed by atoms with E-state index in [1.54, 1.807) is 36.4 Å². The zero-order chi connectivity index (χ0) is 21.9. The van der Waals surface area contributed by atoms with Crippen molar-refractivity contribution in [2.75, 3.05) is 15.9 Å². The Balaban J connectivity index is 1.80. The third kappa shape index (κ3) is 5.45. The first-order valence-electron chi connectivity index (χ1n) is 9.34. The van der Waals surface area contributed by atoms with Gasteiger partial charge in [0, 0.05) is 11.3 Å². The normalized spacial score (nSPS) is 11.2. The highest BCUT2D eigenvalue weighted by atomic mass is 32.2. The molecule has 0 aliphatic heterocycles. The maximum atomic E-state index is 13.1. The van der Waals surface area contributed by atoms with E-state index >= 15 is 0 Å². The maximum absolute atomic E-state index is 13.1. The summed E-state index contributed by atoms with van der Waals surface area (Å²) in [4.78, 5) is 12.6. The first-order valence-corrected chi connectivity index (χ1v) is 11.2. The van der Waals surface area contributed by atoms with Gasteiger partial charge < -0.3 is 5.32 Å². The van der Waals surface area contributed by atoms with E-state index in [4.69, 9.17) is 0 Å². The predicted molar refractivity (Wildman–Crippen MR) is 118 cm³/mol. The van der Waals surface area contributed by atoms with Crippen LogP contribution in [0.5, 0.6) is 0 Å². The lowest BCUT2D eigenvalue weighted by Gasteiger charge is -2.22. The number of nitrogens with one attached hydrogen (secondary N) is 1. The molecule has 3 rings (SSSR count). The van der Waals surface area contributed by atoms with Crippen LogP contribution in [0, 0.1) is 19.7 Å². The molecule has 1 N–H and O–H groups in total. The maximum Gasteiger partial charge on any atom is 0.255 e. The Morgan fingerprint density at radius 3 is 2.03 bits per heavy atom. The molecule has 156 valence electrons. The van der Waals surface area contributed by atoms with Gasteiger partial charge in [-0.1, -0.05) is 18.2 Å². The molecule has 30 heavy (non-hydrogen) atoms. The summed E-state index contributed by atoms with van der Waals surface area (Å²) in [6.07, 6.45) is 1.11. The molecule has 0 fully saturated rings. The number of sulfonamides is 1. The van der Waals surface area contributed by atoms with Gasteiger partial charge in [0.1, 0.15) is 5.82 Å². The van der Waals surface area contributed by atoms with E-state index in [1.807, 2.05) is 32.0 Å². The standard InChI is InChI=1S/C23H23FN2O3S/c1-16-12-17(2)14-21(13-16)25-23(27)19-6-10-22(11-7-19)26(30(3,28)29)15-18-4-8-20(24)9-5-18/h4-14H,15H2,1-3H3,(H,25,27). The number of carbonyl (C=O) groups is 1. The number of carbonyl (C=O) groups excluding carboxylic acids is 1. The Bertz CT molecular complexity index is 1140. The average Bonchev–Trinajstić information content (AvgIpc) is 2.66. The minimum atomic E-state index is -3.58. The minimum absolute atomic E-state index is 0.0627. The monoisotopic (exact) mass is 426 g/mol. The summed E-state index contributed by atoms with van der Waals surface area (Å²) in [5, 5.41) is 2.86. The van der Waals surface area contributed by atoms with Gasteiger partial charge in [-0.15, -0.1) is 0 Å². The molecule has 1 amide bonds. The van der Waals surface area contributed by atoms with Gasteiger partial charge in [-0.2, -0.15) is 0 Å². The van der Waals surface area contributed by atoms with Crippen LogP contribution in [0.3, 0.4) is 0 Å². The zero-order valence-electron chi connectivity index (χ0n) is 17.0. The molecule has 0 aliphatic carbocycles. The van der Waals surface area contributed by atoms with Crippen LogP contribution in [0.15, 0.2) is 66.7 Å². The summed E-state index contributed by atoms with van der Waals surface area (Å²) >= 11 is 0. The van der Waals surface area contributed by atoms with Gasteiger partial charge in [-0.25, -0.2) is 12.8 Å². The third-order valence-electron chi connectivity index (χ3n) is 4.54. The van der Waals surface area contributed by atoms with Gasteiger partial charge in [0.25, 0.3) is 5.91 Å². The van der Waals surface area contributed by atoms with Gasteiger partial charge in [-0.05, 0) is 79.1 Å². The number of hydrogen-bond acceptors (Lipinski definition) is 3. The minimum Gasteiger partial charge on any atom is -0.322 e. The van der Waals surface area contributed by atoms with Gasteiger partial charge >= 0.3 is 0 Å². The van der Waals surface area contributed by atoms with Crippen molar-refractivity contribution in [2.45, 2.75) is 20.4 Å². The van der Waals surface area contributed by atoms with E-state index in [0.29, 0.717) is 22.5 Å². The summed E-state index contributed by atoms with van der Waals surface area (Å²) in [7, 11) is -3.58. The van der Waals surface area contributed by atoms with Crippen LogP contribution in [0.2, 0.25) is 0 Å². The highest BCUT2D eigenvalue weighted by Crippen LogP contribution is 2.22. The molecule has 0 bridgehead atoms. The van der Waals surface area contributed by atoms with Crippen molar-refractivity contribution in [3.05, 3.63) is 94.8 Å². The number of benzene rings is 3. The second kappa shape index (κ2) is 8.67. The molecule has 0 unspecified atom stereocenters. The SMILES string of the molecule is Cc1cc(C)cc(NC(=O)c2ccc(N(Cc3ccc(F)cc3)S(C)(=O)=O)cc2)c1. The van der Waals surface area contributed by atoms with Gasteiger partial charge in [-0.3, -0.25) is 9.10 Å². The number of amides is 1. The molecule has 0 radical (unpaired) electrons. The van der Waals surface area contributed by atoms with Crippen molar-refractivity contribution >= 4 is 27.3 Å². The van der Waals surface area contributed by atoms with Gasteiger partial charge in [0.05, 0.1) is 18.5 Å². The van der Waals surface area contributed by atoms with Crippen molar-refractivity contribution < 1.29 is 17.6 Å². The van der Waals surface area contributed by atoms with Gasteiger partial charge in [0.15, 0.2) is 0 Å². The highest BCUT2D eigenvalue weighted by Gasteiger charge is 2.18. The largest absolute Gasteiger partial charge is 0.322 e. The Morgan fingerprint density at radius 1 is 0.933 bits per heavy atom. The van der Waals surface area contributed by atoms with Crippen LogP contribution >= 0.6 is 0 Å². The van der Waals surface area contributed by atoms with E-state index in [9.17, 15) is 17.6 Å². The topological polar surface area (TPSA) is 66.5 Å². The Labute approximate surface area is 176 Å². The lowest BCUT2D eigenvalue weighted by molar-refractivity contribution is 0.102. The fourth-order valence-corrected chi connectivity index (χ4v) is 4.07. The first kappa shape index (κ1) is 21.5. The second-order valence-electron chi connectivity index (χ2n) is 7.27. The fourth-order valence-electron chi connectivity index (χ4n) is 3.18. The van der Waals surface area contributed by atoms with Crippen LogP contribution < -0.4 is 9.62 Å². The number of hydrogen-bond donors (Lipinski definition) is 1. The number of rotatable bonds is 6. The van der Waals surface area contributed by atoms with Crippen molar-refractivity contribution in [2.24, 2.45) is 0 Å². The van der Waals surface area contributed by atoms with Crippen molar-refractivity contribution in [1.29, 1.82) is 0 Å². The molecular formula is C23H23FN2O3S. The molecule has 3 aromatic carbocycles. The molecule has 0 aliphatic rings. The molecule has 0 aromatic heterocycles. The molecule has 0 heterocycles. The first-order chi connectivity index (χ1) is 14.1. The van der Waals surface area contributed by atoms with E-state index in [0.717, 1.165) is 17.4 Å². The molecule has 3 aromatic rings. The number of aryl methyl sites for hydroxylation is 2. The molecular weight excluding hydrogens is 403 g/mol. The second-order valence-corrected chi connectivity index (χ2v) is 9.18. The Kier molecular flexibility index (Phi) is 6.22. The molecule has 0 saturated carbocycles. The van der Waals surface area contributed by atoms with Crippen LogP contribution in [-0.4, -0.2) is 20.6 Å². The molecule has 0 spiro atoms. The third-order valence-corrected chi connectivity index (χ3v) is 5.68. The highest BCUT2D eigenvalue weighted by molar-refractivity contribution is 7.92. The smallest absolute Gasteiger partial charge is 0.255 e. The lowest BCUT2D eigenvalue weighted by atomic mass is 10.1. The van der Waals surface area contributed by atoms with Crippen molar-refractivity contribution in [3.63, 3.8) is 0 Å². The van der Waals surface area contributed by atoms with Crippen molar-refractivity contribution in [1.82, 2.24) is 0 Å². The summed E-state index contributed by atoms with van der Waals surface area (Å²) in [5.41, 5.74) is 4.28. The molecule has 0 atom stereocenters. The molecule has 0 saturated heterocycles. The van der Waals surface area contributed by atoms with Crippen LogP contribution in [-0.2, 0) is 16.6 Å². The molecule has 5 nitrogen and oxygen atoms in total. The van der Waals surface area contributed by atoms with E-state index in [-0.39, 0.29) is 18.3 Å². The summed E-state index contributed by atoms with van der Waals surface area (Å²) in [6.45, 7) is 3.98. The quantitative estimate of drug-likeness (QED) is 0.623. The van der Waals surface area contributed by atoms with Gasteiger partial charge in [0.2, 0.25) is 10.0 Å². The predicted octanol–water partition coefficient (Wildman–Crippen LogP) is 4.66. The van der Waals surface area contributed by atoms with E-state index in [2.05, 4.69) is 5.32 Å².